The van der Waals surface area contributed by atoms with Crippen molar-refractivity contribution in [1.82, 2.24) is 5.32 Å². The zero-order valence-electron chi connectivity index (χ0n) is 15.5. The van der Waals surface area contributed by atoms with Crippen molar-refractivity contribution in [2.75, 3.05) is 5.32 Å². The van der Waals surface area contributed by atoms with Gasteiger partial charge in [0.05, 0.1) is 5.56 Å². The van der Waals surface area contributed by atoms with Crippen molar-refractivity contribution >= 4 is 17.7 Å². The van der Waals surface area contributed by atoms with E-state index >= 15 is 0 Å². The number of carbonyl (C=O) groups is 2. The van der Waals surface area contributed by atoms with Gasteiger partial charge in [-0.3, -0.25) is 0 Å². The largest absolute Gasteiger partial charge is 0.478 e. The van der Waals surface area contributed by atoms with Crippen molar-refractivity contribution in [3.63, 3.8) is 0 Å². The van der Waals surface area contributed by atoms with E-state index in [4.69, 9.17) is 5.11 Å². The Hall–Kier alpha value is -2.82. The van der Waals surface area contributed by atoms with E-state index in [9.17, 15) is 9.59 Å². The summed E-state index contributed by atoms with van der Waals surface area (Å²) in [4.78, 5) is 23.2. The first-order chi connectivity index (χ1) is 12.4. The van der Waals surface area contributed by atoms with Crippen molar-refractivity contribution in [3.8, 4) is 0 Å². The molecule has 0 aliphatic rings. The third-order valence-corrected chi connectivity index (χ3v) is 4.22. The number of carbonyl (C=O) groups excluding carboxylic acids is 1. The Bertz CT molecular complexity index is 767. The van der Waals surface area contributed by atoms with Crippen molar-refractivity contribution in [2.24, 2.45) is 0 Å². The molecule has 5 heteroatoms. The molecular weight excluding hydrogens is 328 g/mol. The number of carboxylic acid groups (broad SMARTS) is 1. The number of anilines is 1. The maximum Gasteiger partial charge on any atom is 0.335 e. The molecule has 2 aromatic rings. The minimum atomic E-state index is -0.962. The lowest BCUT2D eigenvalue weighted by Crippen LogP contribution is -2.29. The molecule has 138 valence electrons. The van der Waals surface area contributed by atoms with Crippen LogP contribution in [0.15, 0.2) is 42.5 Å². The fraction of sp³-hybridized carbons (Fsp3) is 0.333. The number of urea groups is 1. The van der Waals surface area contributed by atoms with Gasteiger partial charge < -0.3 is 15.7 Å². The van der Waals surface area contributed by atoms with Gasteiger partial charge >= 0.3 is 12.0 Å². The summed E-state index contributed by atoms with van der Waals surface area (Å²) in [7, 11) is 0. The summed E-state index contributed by atoms with van der Waals surface area (Å²) in [5.41, 5.74) is 4.23. The molecular formula is C21H26N2O3. The Balaban J connectivity index is 2.06. The lowest BCUT2D eigenvalue weighted by molar-refractivity contribution is 0.0697. The number of amides is 2. The third-order valence-electron chi connectivity index (χ3n) is 4.22. The Morgan fingerprint density at radius 2 is 1.77 bits per heavy atom. The van der Waals surface area contributed by atoms with E-state index < -0.39 is 5.97 Å². The quantitative estimate of drug-likeness (QED) is 0.669. The molecule has 0 spiro atoms. The first-order valence-electron chi connectivity index (χ1n) is 8.91. The van der Waals surface area contributed by atoms with Crippen LogP contribution in [0.1, 0.15) is 60.2 Å². The van der Waals surface area contributed by atoms with Crippen LogP contribution in [-0.4, -0.2) is 17.1 Å². The lowest BCUT2D eigenvalue weighted by atomic mass is 9.96. The van der Waals surface area contributed by atoms with Crippen LogP contribution in [0.25, 0.3) is 0 Å². The smallest absolute Gasteiger partial charge is 0.335 e. The van der Waals surface area contributed by atoms with E-state index in [2.05, 4.69) is 37.5 Å². The Labute approximate surface area is 154 Å². The Kier molecular flexibility index (Phi) is 6.78. The molecule has 3 N–H and O–H groups in total. The van der Waals surface area contributed by atoms with Gasteiger partial charge in [-0.1, -0.05) is 57.5 Å². The van der Waals surface area contributed by atoms with Gasteiger partial charge in [-0.25, -0.2) is 9.59 Å². The van der Waals surface area contributed by atoms with Gasteiger partial charge in [-0.15, -0.1) is 0 Å². The standard InChI is InChI=1S/C21H26N2O3/c1-4-6-16-7-5-8-18(14(2)3)19(16)23-21(26)22-13-15-9-11-17(12-10-15)20(24)25/h5,7-12,14H,4,6,13H2,1-3H3,(H,24,25)(H2,22,23,26). The summed E-state index contributed by atoms with van der Waals surface area (Å²) in [6.45, 7) is 6.67. The van der Waals surface area contributed by atoms with E-state index in [1.807, 2.05) is 12.1 Å². The molecule has 0 atom stereocenters. The molecule has 26 heavy (non-hydrogen) atoms. The number of para-hydroxylation sites is 1. The lowest BCUT2D eigenvalue weighted by Gasteiger charge is -2.18. The number of hydrogen-bond donors (Lipinski definition) is 3. The van der Waals surface area contributed by atoms with E-state index in [0.29, 0.717) is 12.5 Å². The fourth-order valence-electron chi connectivity index (χ4n) is 2.84. The van der Waals surface area contributed by atoms with Gasteiger partial charge in [0.2, 0.25) is 0 Å². The molecule has 0 fully saturated rings. The van der Waals surface area contributed by atoms with Crippen LogP contribution in [0, 0.1) is 0 Å². The maximum atomic E-state index is 12.4. The zero-order chi connectivity index (χ0) is 19.1. The van der Waals surface area contributed by atoms with Crippen LogP contribution in [0.2, 0.25) is 0 Å². The summed E-state index contributed by atoms with van der Waals surface area (Å²) >= 11 is 0. The van der Waals surface area contributed by atoms with Gasteiger partial charge in [0.25, 0.3) is 0 Å². The molecule has 0 bridgehead atoms. The normalized spacial score (nSPS) is 10.6. The molecule has 0 saturated heterocycles. The second kappa shape index (κ2) is 9.04. The first-order valence-corrected chi connectivity index (χ1v) is 8.91. The summed E-state index contributed by atoms with van der Waals surface area (Å²) in [5.74, 6) is -0.651. The molecule has 0 aliphatic heterocycles. The number of hydrogen-bond acceptors (Lipinski definition) is 2. The number of aromatic carboxylic acids is 1. The van der Waals surface area contributed by atoms with Gasteiger partial charge in [-0.05, 0) is 41.2 Å². The number of aryl methyl sites for hydroxylation is 1. The van der Waals surface area contributed by atoms with E-state index in [-0.39, 0.29) is 11.6 Å². The monoisotopic (exact) mass is 354 g/mol. The molecule has 0 unspecified atom stereocenters. The van der Waals surface area contributed by atoms with Gasteiger partial charge in [0.1, 0.15) is 0 Å². The van der Waals surface area contributed by atoms with Crippen LogP contribution in [-0.2, 0) is 13.0 Å². The van der Waals surface area contributed by atoms with Crippen molar-refractivity contribution < 1.29 is 14.7 Å². The molecule has 2 aromatic carbocycles. The molecule has 0 aromatic heterocycles. The highest BCUT2D eigenvalue weighted by Gasteiger charge is 2.13. The summed E-state index contributed by atoms with van der Waals surface area (Å²) in [6, 6.07) is 12.3. The summed E-state index contributed by atoms with van der Waals surface area (Å²) in [5, 5.41) is 14.8. The van der Waals surface area contributed by atoms with Crippen molar-refractivity contribution in [1.29, 1.82) is 0 Å². The molecule has 2 amide bonds. The second-order valence-corrected chi connectivity index (χ2v) is 6.60. The molecule has 0 heterocycles. The molecule has 0 radical (unpaired) electrons. The number of benzene rings is 2. The van der Waals surface area contributed by atoms with Crippen LogP contribution < -0.4 is 10.6 Å². The predicted octanol–water partition coefficient (Wildman–Crippen LogP) is 4.78. The average Bonchev–Trinajstić information content (AvgIpc) is 2.61. The molecule has 0 saturated carbocycles. The van der Waals surface area contributed by atoms with Crippen LogP contribution in [0.3, 0.4) is 0 Å². The number of rotatable bonds is 7. The summed E-state index contributed by atoms with van der Waals surface area (Å²) in [6.07, 6.45) is 1.92. The minimum absolute atomic E-state index is 0.230. The Morgan fingerprint density at radius 1 is 1.08 bits per heavy atom. The molecule has 5 nitrogen and oxygen atoms in total. The fourth-order valence-corrected chi connectivity index (χ4v) is 2.84. The van der Waals surface area contributed by atoms with Gasteiger partial charge in [-0.2, -0.15) is 0 Å². The topological polar surface area (TPSA) is 78.4 Å². The van der Waals surface area contributed by atoms with Crippen LogP contribution in [0.4, 0.5) is 10.5 Å². The second-order valence-electron chi connectivity index (χ2n) is 6.60. The predicted molar refractivity (Wildman–Crippen MR) is 104 cm³/mol. The van der Waals surface area contributed by atoms with Gasteiger partial charge in [0.15, 0.2) is 0 Å². The first kappa shape index (κ1) is 19.5. The minimum Gasteiger partial charge on any atom is -0.478 e. The highest BCUT2D eigenvalue weighted by Crippen LogP contribution is 2.28. The van der Waals surface area contributed by atoms with Crippen LogP contribution in [0.5, 0.6) is 0 Å². The van der Waals surface area contributed by atoms with Crippen molar-refractivity contribution in [2.45, 2.75) is 46.1 Å². The SMILES string of the molecule is CCCc1cccc(C(C)C)c1NC(=O)NCc1ccc(C(=O)O)cc1. The third kappa shape index (κ3) is 5.09. The van der Waals surface area contributed by atoms with Gasteiger partial charge in [0, 0.05) is 12.2 Å². The van der Waals surface area contributed by atoms with E-state index in [1.54, 1.807) is 12.1 Å². The average molecular weight is 354 g/mol. The Morgan fingerprint density at radius 3 is 2.35 bits per heavy atom. The zero-order valence-corrected chi connectivity index (χ0v) is 15.5. The molecule has 0 aliphatic carbocycles. The summed E-state index contributed by atoms with van der Waals surface area (Å²) < 4.78 is 0. The van der Waals surface area contributed by atoms with E-state index in [0.717, 1.165) is 35.2 Å². The number of carboxylic acids is 1. The van der Waals surface area contributed by atoms with Crippen molar-refractivity contribution in [3.05, 3.63) is 64.7 Å². The number of nitrogens with one attached hydrogen (secondary N) is 2. The van der Waals surface area contributed by atoms with E-state index in [1.165, 1.54) is 12.1 Å². The molecule has 2 rings (SSSR count). The highest BCUT2D eigenvalue weighted by molar-refractivity contribution is 5.91. The maximum absolute atomic E-state index is 12.4. The highest BCUT2D eigenvalue weighted by atomic mass is 16.4. The van der Waals surface area contributed by atoms with Crippen LogP contribution >= 0.6 is 0 Å².